The Morgan fingerprint density at radius 1 is 1.50 bits per heavy atom. The summed E-state index contributed by atoms with van der Waals surface area (Å²) in [7, 11) is 0. The smallest absolute Gasteiger partial charge is 0.234 e. The average Bonchev–Trinajstić information content (AvgIpc) is 2.43. The zero-order chi connectivity index (χ0) is 9.76. The Hall–Kier alpha value is -0.220. The van der Waals surface area contributed by atoms with E-state index in [0.717, 1.165) is 12.5 Å². The third kappa shape index (κ3) is 1.13. The first-order chi connectivity index (χ1) is 6.70. The second kappa shape index (κ2) is 2.89. The van der Waals surface area contributed by atoms with Gasteiger partial charge in [-0.25, -0.2) is 0 Å². The van der Waals surface area contributed by atoms with Gasteiger partial charge in [-0.2, -0.15) is 0 Å². The maximum absolute atomic E-state index is 11.6. The normalized spacial score (nSPS) is 51.2. The summed E-state index contributed by atoms with van der Waals surface area (Å²) in [6.45, 7) is 5.81. The molecule has 0 aromatic rings. The first-order valence-electron chi connectivity index (χ1n) is 5.53. The van der Waals surface area contributed by atoms with E-state index in [9.17, 15) is 4.79 Å². The summed E-state index contributed by atoms with van der Waals surface area (Å²) in [5.74, 6) is 0.988. The molecule has 2 N–H and O–H groups in total. The second-order valence-corrected chi connectivity index (χ2v) is 6.51. The van der Waals surface area contributed by atoms with Gasteiger partial charge in [0, 0.05) is 18.8 Å². The Balaban J connectivity index is 1.87. The molecule has 4 aliphatic heterocycles. The van der Waals surface area contributed by atoms with Crippen LogP contribution in [0.25, 0.3) is 0 Å². The lowest BCUT2D eigenvalue weighted by Gasteiger charge is -2.47. The lowest BCUT2D eigenvalue weighted by atomic mass is 9.83. The molecule has 4 heteroatoms. The summed E-state index contributed by atoms with van der Waals surface area (Å²) >= 11 is 1.88. The number of amides is 1. The number of hydrogen-bond acceptors (Lipinski definition) is 2. The minimum Gasteiger partial charge on any atom is -0.335 e. The molecule has 2 bridgehead atoms. The lowest BCUT2D eigenvalue weighted by molar-refractivity contribution is -0.919. The maximum atomic E-state index is 11.6. The van der Waals surface area contributed by atoms with Gasteiger partial charge in [0.15, 0.2) is 0 Å². The van der Waals surface area contributed by atoms with Gasteiger partial charge < -0.3 is 10.2 Å². The van der Waals surface area contributed by atoms with Crippen LogP contribution in [0.5, 0.6) is 0 Å². The van der Waals surface area contributed by atoms with Crippen LogP contribution in [0.1, 0.15) is 19.8 Å². The molecule has 0 unspecified atom stereocenters. The van der Waals surface area contributed by atoms with Crippen molar-refractivity contribution in [3.8, 4) is 0 Å². The van der Waals surface area contributed by atoms with Gasteiger partial charge in [-0.15, -0.1) is 11.8 Å². The monoisotopic (exact) mass is 213 g/mol. The molecule has 78 valence electrons. The van der Waals surface area contributed by atoms with E-state index in [-0.39, 0.29) is 16.0 Å². The Kier molecular flexibility index (Phi) is 1.86. The molecule has 0 radical (unpaired) electrons. The van der Waals surface area contributed by atoms with Crippen molar-refractivity contribution in [1.82, 2.24) is 5.32 Å². The van der Waals surface area contributed by atoms with Gasteiger partial charge in [0.25, 0.3) is 0 Å². The topological polar surface area (TPSA) is 33.5 Å². The van der Waals surface area contributed by atoms with Crippen LogP contribution in [0.15, 0.2) is 0 Å². The van der Waals surface area contributed by atoms with Crippen LogP contribution in [-0.4, -0.2) is 35.7 Å². The number of carbonyl (C=O) groups is 1. The molecule has 0 aromatic heterocycles. The van der Waals surface area contributed by atoms with Crippen LogP contribution in [-0.2, 0) is 4.79 Å². The van der Waals surface area contributed by atoms with Crippen molar-refractivity contribution < 1.29 is 9.69 Å². The van der Waals surface area contributed by atoms with E-state index < -0.39 is 0 Å². The van der Waals surface area contributed by atoms with Crippen LogP contribution in [0.3, 0.4) is 0 Å². The molecule has 4 saturated heterocycles. The van der Waals surface area contributed by atoms with Gasteiger partial charge in [-0.05, 0) is 6.92 Å². The van der Waals surface area contributed by atoms with Gasteiger partial charge in [-0.3, -0.25) is 4.79 Å². The Labute approximate surface area is 88.6 Å². The summed E-state index contributed by atoms with van der Waals surface area (Å²) in [6.07, 6.45) is 2.60. The van der Waals surface area contributed by atoms with Crippen molar-refractivity contribution in [1.29, 1.82) is 0 Å². The highest BCUT2D eigenvalue weighted by atomic mass is 32.2. The molecular weight excluding hydrogens is 196 g/mol. The first-order valence-corrected chi connectivity index (χ1v) is 6.41. The molecule has 0 aromatic carbocycles. The average molecular weight is 213 g/mol. The minimum absolute atomic E-state index is 0.113. The summed E-state index contributed by atoms with van der Waals surface area (Å²) in [6, 6.07) is 0. The number of thioether (sulfide) groups is 1. The van der Waals surface area contributed by atoms with E-state index in [1.165, 1.54) is 25.9 Å². The largest absolute Gasteiger partial charge is 0.335 e. The molecule has 2 atom stereocenters. The Morgan fingerprint density at radius 2 is 2.21 bits per heavy atom. The molecule has 4 rings (SSSR count). The predicted octanol–water partition coefficient (Wildman–Crippen LogP) is -0.757. The van der Waals surface area contributed by atoms with Crippen LogP contribution < -0.4 is 10.2 Å². The molecule has 4 heterocycles. The van der Waals surface area contributed by atoms with Crippen molar-refractivity contribution in [2.24, 2.45) is 5.92 Å². The van der Waals surface area contributed by atoms with Gasteiger partial charge in [-0.1, -0.05) is 0 Å². The number of carbonyl (C=O) groups excluding carboxylic acids is 1. The molecule has 3 nitrogen and oxygen atoms in total. The molecule has 4 aliphatic rings. The Morgan fingerprint density at radius 3 is 2.64 bits per heavy atom. The quantitative estimate of drug-likeness (QED) is 0.555. The van der Waals surface area contributed by atoms with Gasteiger partial charge in [0.2, 0.25) is 5.91 Å². The highest BCUT2D eigenvalue weighted by Crippen LogP contribution is 2.43. The number of nitrogens with one attached hydrogen (secondary N) is 2. The molecule has 1 spiro atoms. The summed E-state index contributed by atoms with van der Waals surface area (Å²) in [5, 5.41) is 3.42. The van der Waals surface area contributed by atoms with E-state index >= 15 is 0 Å². The molecule has 0 aliphatic carbocycles. The number of hydrogen-bond donors (Lipinski definition) is 2. The fourth-order valence-corrected chi connectivity index (χ4v) is 4.85. The van der Waals surface area contributed by atoms with Crippen LogP contribution in [0.4, 0.5) is 0 Å². The molecule has 4 fully saturated rings. The van der Waals surface area contributed by atoms with Gasteiger partial charge >= 0.3 is 0 Å². The second-order valence-electron chi connectivity index (χ2n) is 4.84. The van der Waals surface area contributed by atoms with Crippen LogP contribution in [0, 0.1) is 5.92 Å². The zero-order valence-corrected chi connectivity index (χ0v) is 9.32. The molecule has 0 saturated carbocycles. The van der Waals surface area contributed by atoms with Crippen molar-refractivity contribution in [2.45, 2.75) is 29.9 Å². The summed E-state index contributed by atoms with van der Waals surface area (Å²) in [4.78, 5) is 13.4. The predicted molar refractivity (Wildman–Crippen MR) is 56.2 cm³/mol. The van der Waals surface area contributed by atoms with Crippen molar-refractivity contribution in [3.63, 3.8) is 0 Å². The third-order valence-electron chi connectivity index (χ3n) is 3.96. The fourth-order valence-electron chi connectivity index (χ4n) is 3.18. The van der Waals surface area contributed by atoms with E-state index in [4.69, 9.17) is 0 Å². The minimum atomic E-state index is 0.113. The fraction of sp³-hybridized carbons (Fsp3) is 0.900. The molecule has 1 amide bonds. The molecular formula is C10H17N2OS+. The summed E-state index contributed by atoms with van der Waals surface area (Å²) in [5.41, 5.74) is 0. The molecule has 14 heavy (non-hydrogen) atoms. The summed E-state index contributed by atoms with van der Waals surface area (Å²) < 4.78 is 0. The van der Waals surface area contributed by atoms with Crippen LogP contribution in [0.2, 0.25) is 0 Å². The standard InChI is InChI=1S/C10H16N2OS/c1-7-9(13)11-10(14-7)6-12-4-2-8(10)3-5-12/h7-8H,2-6H2,1H3,(H,11,13)/p+1/t7-,10-/m1/s1. The van der Waals surface area contributed by atoms with Gasteiger partial charge in [0.1, 0.15) is 11.4 Å². The number of quaternary nitrogens is 1. The number of rotatable bonds is 0. The third-order valence-corrected chi connectivity index (χ3v) is 5.52. The van der Waals surface area contributed by atoms with E-state index in [0.29, 0.717) is 0 Å². The van der Waals surface area contributed by atoms with E-state index in [1.54, 1.807) is 4.90 Å². The lowest BCUT2D eigenvalue weighted by Crippen LogP contribution is -3.18. The van der Waals surface area contributed by atoms with Crippen molar-refractivity contribution in [3.05, 3.63) is 0 Å². The Bertz CT molecular complexity index is 275. The first kappa shape index (κ1) is 9.04. The number of piperidine rings is 3. The SMILES string of the molecule is C[C@H]1S[C@@]2(C[NH+]3CCC2CC3)NC1=O. The zero-order valence-electron chi connectivity index (χ0n) is 8.51. The van der Waals surface area contributed by atoms with E-state index in [1.807, 2.05) is 18.7 Å². The van der Waals surface area contributed by atoms with E-state index in [2.05, 4.69) is 5.32 Å². The van der Waals surface area contributed by atoms with Crippen molar-refractivity contribution in [2.75, 3.05) is 19.6 Å². The highest BCUT2D eigenvalue weighted by molar-refractivity contribution is 8.02. The van der Waals surface area contributed by atoms with Crippen LogP contribution >= 0.6 is 11.8 Å². The maximum Gasteiger partial charge on any atom is 0.234 e. The highest BCUT2D eigenvalue weighted by Gasteiger charge is 2.55. The van der Waals surface area contributed by atoms with Crippen molar-refractivity contribution >= 4 is 17.7 Å². The van der Waals surface area contributed by atoms with Gasteiger partial charge in [0.05, 0.1) is 18.3 Å². The number of fused-ring (bicyclic) bond motifs is 2.